The number of hydrogen-bond acceptors (Lipinski definition) is 6. The predicted octanol–water partition coefficient (Wildman–Crippen LogP) is 3.05. The predicted molar refractivity (Wildman–Crippen MR) is 104 cm³/mol. The maximum absolute atomic E-state index is 12.3. The van der Waals surface area contributed by atoms with Crippen molar-refractivity contribution in [3.63, 3.8) is 0 Å². The van der Waals surface area contributed by atoms with E-state index in [1.165, 1.54) is 11.0 Å². The largest absolute Gasteiger partial charge is 0.463 e. The molecule has 0 saturated heterocycles. The normalized spacial score (nSPS) is 14.6. The summed E-state index contributed by atoms with van der Waals surface area (Å²) in [6.07, 6.45) is 4.10. The van der Waals surface area contributed by atoms with E-state index in [0.717, 1.165) is 5.56 Å². The van der Waals surface area contributed by atoms with Crippen LogP contribution in [0.4, 0.5) is 0 Å². The minimum Gasteiger partial charge on any atom is -0.463 e. The Kier molecular flexibility index (Phi) is 5.29. The van der Waals surface area contributed by atoms with Crippen LogP contribution in [0.25, 0.3) is 6.08 Å². The average Bonchev–Trinajstić information content (AvgIpc) is 3.30. The van der Waals surface area contributed by atoms with Crippen molar-refractivity contribution in [1.29, 1.82) is 0 Å². The van der Waals surface area contributed by atoms with E-state index in [-0.39, 0.29) is 25.2 Å². The number of esters is 1. The molecule has 0 aromatic heterocycles. The van der Waals surface area contributed by atoms with Gasteiger partial charge in [-0.1, -0.05) is 18.2 Å². The number of nitrogens with zero attached hydrogens (tertiary/aromatic N) is 1. The van der Waals surface area contributed by atoms with Gasteiger partial charge < -0.3 is 14.2 Å². The zero-order valence-electron chi connectivity index (χ0n) is 15.6. The van der Waals surface area contributed by atoms with Gasteiger partial charge in [0.15, 0.2) is 11.5 Å². The fraction of sp³-hybridized carbons (Fsp3) is 0.227. The van der Waals surface area contributed by atoms with Crippen molar-refractivity contribution in [3.05, 3.63) is 65.2 Å². The highest BCUT2D eigenvalue weighted by Crippen LogP contribution is 2.32. The molecule has 0 radical (unpaired) electrons. The minimum absolute atomic E-state index is 0.200. The number of carbonyl (C=O) groups is 3. The maximum atomic E-state index is 12.3. The fourth-order valence-corrected chi connectivity index (χ4v) is 3.22. The topological polar surface area (TPSA) is 82.1 Å². The third kappa shape index (κ3) is 3.99. The number of hydrogen-bond donors (Lipinski definition) is 0. The summed E-state index contributed by atoms with van der Waals surface area (Å²) in [4.78, 5) is 37.6. The number of carbonyl (C=O) groups excluding carboxylic acids is 3. The monoisotopic (exact) mass is 393 g/mol. The molecule has 2 amide bonds. The van der Waals surface area contributed by atoms with Crippen LogP contribution < -0.4 is 9.47 Å². The van der Waals surface area contributed by atoms with Gasteiger partial charge in [0.2, 0.25) is 6.79 Å². The van der Waals surface area contributed by atoms with E-state index in [4.69, 9.17) is 14.2 Å². The van der Waals surface area contributed by atoms with Gasteiger partial charge in [-0.05, 0) is 48.7 Å². The smallest absolute Gasteiger partial charge is 0.330 e. The second-order valence-electron chi connectivity index (χ2n) is 6.63. The lowest BCUT2D eigenvalue weighted by atomic mass is 10.1. The molecule has 29 heavy (non-hydrogen) atoms. The van der Waals surface area contributed by atoms with Gasteiger partial charge >= 0.3 is 5.97 Å². The first kappa shape index (κ1) is 18.7. The van der Waals surface area contributed by atoms with Gasteiger partial charge in [0.25, 0.3) is 11.8 Å². The van der Waals surface area contributed by atoms with Gasteiger partial charge in [-0.3, -0.25) is 14.5 Å². The number of amides is 2. The molecule has 148 valence electrons. The molecule has 0 saturated carbocycles. The van der Waals surface area contributed by atoms with Gasteiger partial charge in [0.05, 0.1) is 17.7 Å². The van der Waals surface area contributed by atoms with Crippen LogP contribution in [0.2, 0.25) is 0 Å². The van der Waals surface area contributed by atoms with Crippen LogP contribution in [0.3, 0.4) is 0 Å². The Morgan fingerprint density at radius 2 is 1.72 bits per heavy atom. The van der Waals surface area contributed by atoms with E-state index in [9.17, 15) is 14.4 Å². The van der Waals surface area contributed by atoms with Gasteiger partial charge in [-0.25, -0.2) is 4.79 Å². The average molecular weight is 393 g/mol. The van der Waals surface area contributed by atoms with Crippen LogP contribution in [-0.4, -0.2) is 42.6 Å². The van der Waals surface area contributed by atoms with Gasteiger partial charge in [-0.15, -0.1) is 0 Å². The van der Waals surface area contributed by atoms with Crippen molar-refractivity contribution in [2.75, 3.05) is 19.9 Å². The van der Waals surface area contributed by atoms with E-state index < -0.39 is 5.97 Å². The number of unbranched alkanes of at least 4 members (excludes halogenated alkanes) is 1. The Morgan fingerprint density at radius 1 is 1.00 bits per heavy atom. The van der Waals surface area contributed by atoms with Crippen LogP contribution in [0.5, 0.6) is 11.5 Å². The summed E-state index contributed by atoms with van der Waals surface area (Å²) in [7, 11) is 0. The highest BCUT2D eigenvalue weighted by Gasteiger charge is 2.34. The Morgan fingerprint density at radius 3 is 2.48 bits per heavy atom. The SMILES string of the molecule is O=C(/C=C/c1ccc2c(c1)OCO2)OCCCCN1C(=O)c2ccccc2C1=O. The summed E-state index contributed by atoms with van der Waals surface area (Å²) in [5, 5.41) is 0. The summed E-state index contributed by atoms with van der Waals surface area (Å²) in [6, 6.07) is 12.2. The standard InChI is InChI=1S/C22H19NO6/c24-20(10-8-15-7-9-18-19(13-15)29-14-28-18)27-12-4-3-11-23-21(25)16-5-1-2-6-17(16)22(23)26/h1-2,5-10,13H,3-4,11-12,14H2/b10-8+. The molecule has 0 bridgehead atoms. The van der Waals surface area contributed by atoms with Crippen molar-refractivity contribution in [3.8, 4) is 11.5 Å². The first-order valence-electron chi connectivity index (χ1n) is 9.33. The summed E-state index contributed by atoms with van der Waals surface area (Å²) in [5.74, 6) is 0.336. The molecule has 4 rings (SSSR count). The van der Waals surface area contributed by atoms with Crippen molar-refractivity contribution in [1.82, 2.24) is 4.90 Å². The minimum atomic E-state index is -0.455. The fourth-order valence-electron chi connectivity index (χ4n) is 3.22. The molecule has 7 nitrogen and oxygen atoms in total. The van der Waals surface area contributed by atoms with E-state index in [1.54, 1.807) is 42.5 Å². The summed E-state index contributed by atoms with van der Waals surface area (Å²) in [6.45, 7) is 0.718. The van der Waals surface area contributed by atoms with Crippen molar-refractivity contribution >= 4 is 23.9 Å². The highest BCUT2D eigenvalue weighted by atomic mass is 16.7. The lowest BCUT2D eigenvalue weighted by molar-refractivity contribution is -0.137. The van der Waals surface area contributed by atoms with Crippen molar-refractivity contribution < 1.29 is 28.6 Å². The molecular weight excluding hydrogens is 374 g/mol. The van der Waals surface area contributed by atoms with Crippen LogP contribution in [0.15, 0.2) is 48.5 Å². The van der Waals surface area contributed by atoms with E-state index in [0.29, 0.717) is 42.0 Å². The Bertz CT molecular complexity index is 962. The lowest BCUT2D eigenvalue weighted by Crippen LogP contribution is -2.30. The third-order valence-electron chi connectivity index (χ3n) is 4.71. The summed E-state index contributed by atoms with van der Waals surface area (Å²) < 4.78 is 15.7. The Balaban J connectivity index is 1.19. The van der Waals surface area contributed by atoms with Gasteiger partial charge in [0.1, 0.15) is 0 Å². The maximum Gasteiger partial charge on any atom is 0.330 e. The second kappa shape index (κ2) is 8.18. The molecule has 0 N–H and O–H groups in total. The van der Waals surface area contributed by atoms with Crippen LogP contribution in [0.1, 0.15) is 39.1 Å². The number of rotatable bonds is 7. The molecule has 7 heteroatoms. The van der Waals surface area contributed by atoms with Crippen LogP contribution in [0, 0.1) is 0 Å². The quantitative estimate of drug-likeness (QED) is 0.311. The Hall–Kier alpha value is -3.61. The molecule has 0 aliphatic carbocycles. The molecule has 0 unspecified atom stereocenters. The first-order valence-corrected chi connectivity index (χ1v) is 9.33. The van der Waals surface area contributed by atoms with Crippen LogP contribution in [-0.2, 0) is 9.53 Å². The first-order chi connectivity index (χ1) is 14.1. The van der Waals surface area contributed by atoms with Gasteiger partial charge in [-0.2, -0.15) is 0 Å². The van der Waals surface area contributed by atoms with E-state index in [2.05, 4.69) is 0 Å². The number of fused-ring (bicyclic) bond motifs is 2. The molecule has 2 aromatic rings. The molecule has 0 atom stereocenters. The molecule has 2 heterocycles. The highest BCUT2D eigenvalue weighted by molar-refractivity contribution is 6.21. The number of ether oxygens (including phenoxy) is 3. The molecule has 2 aromatic carbocycles. The van der Waals surface area contributed by atoms with Gasteiger partial charge in [0, 0.05) is 12.6 Å². The number of imide groups is 1. The van der Waals surface area contributed by atoms with E-state index in [1.807, 2.05) is 6.07 Å². The van der Waals surface area contributed by atoms with E-state index >= 15 is 0 Å². The van der Waals surface area contributed by atoms with Crippen molar-refractivity contribution in [2.45, 2.75) is 12.8 Å². The zero-order chi connectivity index (χ0) is 20.2. The van der Waals surface area contributed by atoms with Crippen LogP contribution >= 0.6 is 0 Å². The summed E-state index contributed by atoms with van der Waals surface area (Å²) >= 11 is 0. The summed E-state index contributed by atoms with van der Waals surface area (Å²) in [5.41, 5.74) is 1.69. The lowest BCUT2D eigenvalue weighted by Gasteiger charge is -2.13. The Labute approximate surface area is 167 Å². The molecule has 2 aliphatic rings. The zero-order valence-corrected chi connectivity index (χ0v) is 15.6. The van der Waals surface area contributed by atoms with Crippen molar-refractivity contribution in [2.24, 2.45) is 0 Å². The second-order valence-corrected chi connectivity index (χ2v) is 6.63. The molecule has 0 spiro atoms. The molecule has 2 aliphatic heterocycles. The molecular formula is C22H19NO6. The third-order valence-corrected chi connectivity index (χ3v) is 4.71. The number of benzene rings is 2. The molecule has 0 fully saturated rings.